The summed E-state index contributed by atoms with van der Waals surface area (Å²) in [4.78, 5) is 37.7. The van der Waals surface area contributed by atoms with Crippen molar-refractivity contribution in [3.05, 3.63) is 541 Å². The zero-order valence-corrected chi connectivity index (χ0v) is 80.3. The summed E-state index contributed by atoms with van der Waals surface area (Å²) in [5, 5.41) is 2.38. The van der Waals surface area contributed by atoms with E-state index in [-0.39, 0.29) is 0 Å². The Labute approximate surface area is 846 Å². The van der Waals surface area contributed by atoms with Gasteiger partial charge in [0.1, 0.15) is 0 Å². The molecule has 6 nitrogen and oxygen atoms in total. The van der Waals surface area contributed by atoms with Crippen LogP contribution >= 0.6 is 34.9 Å². The number of aromatic nitrogens is 6. The third-order valence-electron chi connectivity index (χ3n) is 30.3. The molecule has 0 fully saturated rings. The number of benzene rings is 21. The van der Waals surface area contributed by atoms with Crippen molar-refractivity contribution in [3.8, 4) is 191 Å². The summed E-state index contributed by atoms with van der Waals surface area (Å²) in [6, 6.07) is 179. The van der Waals surface area contributed by atoms with Crippen molar-refractivity contribution in [1.82, 2.24) is 29.9 Å². The van der Waals surface area contributed by atoms with Crippen LogP contribution in [-0.2, 0) is 17.3 Å². The molecule has 0 amide bonds. The van der Waals surface area contributed by atoms with Crippen LogP contribution in [-0.4, -0.2) is 29.9 Å². The highest BCUT2D eigenvalue weighted by atomic mass is 32.2. The van der Waals surface area contributed by atoms with Gasteiger partial charge in [0.15, 0.2) is 34.9 Å². The van der Waals surface area contributed by atoms with E-state index in [0.29, 0.717) is 34.9 Å². The lowest BCUT2D eigenvalue weighted by Crippen LogP contribution is -2.32. The van der Waals surface area contributed by atoms with Crippen LogP contribution in [0.1, 0.15) is 55.6 Å². The van der Waals surface area contributed by atoms with Crippen molar-refractivity contribution in [2.75, 3.05) is 0 Å². The second-order valence-electron chi connectivity index (χ2n) is 38.0. The lowest BCUT2D eigenvalue weighted by atomic mass is 9.67. The van der Waals surface area contributed by atoms with Crippen LogP contribution in [0.15, 0.2) is 505 Å². The van der Waals surface area contributed by atoms with Crippen molar-refractivity contribution >= 4 is 55.0 Å². The molecule has 0 N–H and O–H groups in total. The maximum absolute atomic E-state index is 5.52. The lowest BCUT2D eigenvalue weighted by molar-refractivity contribution is 0.722. The van der Waals surface area contributed by atoms with Gasteiger partial charge in [-0.25, -0.2) is 29.9 Å². The molecular formula is C135H82N6S3. The van der Waals surface area contributed by atoms with Crippen LogP contribution in [0.25, 0.3) is 211 Å². The number of hydrogen-bond acceptors (Lipinski definition) is 9. The maximum atomic E-state index is 5.52. The molecule has 0 atom stereocenters. The smallest absolute Gasteiger partial charge is 0.164 e. The molecule has 3 aliphatic carbocycles. The molecule has 3 aromatic heterocycles. The van der Waals surface area contributed by atoms with Gasteiger partial charge in [0.2, 0.25) is 0 Å². The van der Waals surface area contributed by atoms with Gasteiger partial charge in [-0.3, -0.25) is 0 Å². The zero-order chi connectivity index (χ0) is 94.7. The second-order valence-corrected chi connectivity index (χ2v) is 41.2. The van der Waals surface area contributed by atoms with E-state index in [4.69, 9.17) is 29.9 Å². The van der Waals surface area contributed by atoms with Crippen LogP contribution in [0.3, 0.4) is 0 Å². The number of rotatable bonds is 14. The van der Waals surface area contributed by atoms with Gasteiger partial charge in [-0.2, -0.15) is 0 Å². The van der Waals surface area contributed by atoms with Crippen LogP contribution in [0.2, 0.25) is 0 Å². The minimum atomic E-state index is -0.632. The molecule has 144 heavy (non-hydrogen) atoms. The maximum Gasteiger partial charge on any atom is 0.164 e. The van der Waals surface area contributed by atoms with Gasteiger partial charge in [0, 0.05) is 73.1 Å². The Kier molecular flexibility index (Phi) is 19.5. The first-order valence-corrected chi connectivity index (χ1v) is 51.6. The van der Waals surface area contributed by atoms with Crippen molar-refractivity contribution in [2.24, 2.45) is 0 Å². The third kappa shape index (κ3) is 13.3. The predicted octanol–water partition coefficient (Wildman–Crippen LogP) is 35.0. The quantitative estimate of drug-likeness (QED) is 0.107. The Morgan fingerprint density at radius 3 is 1.10 bits per heavy atom. The van der Waals surface area contributed by atoms with Crippen molar-refractivity contribution in [2.45, 2.75) is 36.8 Å². The van der Waals surface area contributed by atoms with Crippen LogP contribution in [0.5, 0.6) is 0 Å². The van der Waals surface area contributed by atoms with Gasteiger partial charge in [-0.1, -0.05) is 436 Å². The first-order chi connectivity index (χ1) is 71.3. The van der Waals surface area contributed by atoms with E-state index in [9.17, 15) is 0 Å². The average Bonchev–Trinajstić information content (AvgIpc) is 1.51. The summed E-state index contributed by atoms with van der Waals surface area (Å²) in [5.41, 5.74) is 43.0. The highest BCUT2D eigenvalue weighted by molar-refractivity contribution is 7.99. The Hall–Kier alpha value is -17.4. The molecular weight excluding hydrogens is 1800 g/mol. The molecule has 29 rings (SSSR count). The fraction of sp³-hybridized carbons (Fsp3) is 0.0222. The van der Waals surface area contributed by atoms with Crippen LogP contribution < -0.4 is 0 Å². The third-order valence-corrected chi connectivity index (χ3v) is 33.7. The van der Waals surface area contributed by atoms with Gasteiger partial charge < -0.3 is 0 Å². The van der Waals surface area contributed by atoms with Crippen molar-refractivity contribution in [1.29, 1.82) is 0 Å². The minimum absolute atomic E-state index is 0.477. The first kappa shape index (κ1) is 83.5. The van der Waals surface area contributed by atoms with Gasteiger partial charge in [0.05, 0.1) is 10.8 Å². The van der Waals surface area contributed by atoms with E-state index < -0.39 is 10.8 Å². The highest BCUT2D eigenvalue weighted by Crippen LogP contribution is 2.66. The monoisotopic (exact) mass is 1880 g/mol. The highest BCUT2D eigenvalue weighted by Gasteiger charge is 2.53. The fourth-order valence-electron chi connectivity index (χ4n) is 23.8. The molecule has 0 bridgehead atoms. The topological polar surface area (TPSA) is 77.3 Å². The van der Waals surface area contributed by atoms with E-state index in [1.165, 1.54) is 162 Å². The molecule has 5 heterocycles. The summed E-state index contributed by atoms with van der Waals surface area (Å²) in [6.07, 6.45) is 0.783. The number of thiophene rings is 1. The molecule has 0 saturated heterocycles. The van der Waals surface area contributed by atoms with Crippen LogP contribution in [0.4, 0.5) is 0 Å². The Bertz CT molecular complexity index is 9270. The van der Waals surface area contributed by atoms with Gasteiger partial charge in [0.25, 0.3) is 0 Å². The SMILES string of the molecule is c1ccc(-c2cc(-c3ccccc3)cc(-c3cccc4c3-c3ccc(-c5ccc(-c6nc(-c7ccc(-c8ccccc8-c8cccc9sc%10ccc(-c%11ccccc%11-c%11nc(-c%12ccccc%12)nc(-c%12ccc(-c%13ccc%14c(c%13)C%13(c%15ccccc%15Sc%15ccccc%15%13)c%13ccccc%13-%14)cc%12)n%11)cc%10c89)cc7)nc(-c7cccc8c7Cc7ccccc7-8)n6)cc5)cc3C43c4ccccc4Sc4ccccc43)c2)cc1. The minimum Gasteiger partial charge on any atom is -0.208 e. The van der Waals surface area contributed by atoms with E-state index in [0.717, 1.165) is 95.4 Å². The lowest BCUT2D eigenvalue weighted by Gasteiger charge is -2.39. The number of hydrogen-bond donors (Lipinski definition) is 0. The Morgan fingerprint density at radius 1 is 0.174 bits per heavy atom. The number of fused-ring (bicyclic) bond motifs is 24. The molecule has 0 radical (unpaired) electrons. The molecule has 5 aliphatic rings. The molecule has 9 heteroatoms. The molecule has 0 saturated carbocycles. The molecule has 0 unspecified atom stereocenters. The summed E-state index contributed by atoms with van der Waals surface area (Å²) in [5.74, 6) is 3.63. The molecule has 670 valence electrons. The largest absolute Gasteiger partial charge is 0.208 e. The average molecular weight is 1880 g/mol. The van der Waals surface area contributed by atoms with Crippen LogP contribution in [0, 0.1) is 0 Å². The molecule has 2 aliphatic heterocycles. The van der Waals surface area contributed by atoms with E-state index in [1.807, 2.05) is 53.1 Å². The predicted molar refractivity (Wildman–Crippen MR) is 593 cm³/mol. The molecule has 24 aromatic rings. The van der Waals surface area contributed by atoms with Gasteiger partial charge >= 0.3 is 0 Å². The normalized spacial score (nSPS) is 13.2. The summed E-state index contributed by atoms with van der Waals surface area (Å²) in [7, 11) is 0. The van der Waals surface area contributed by atoms with E-state index >= 15 is 0 Å². The summed E-state index contributed by atoms with van der Waals surface area (Å²) < 4.78 is 2.41. The molecule has 2 spiro atoms. The van der Waals surface area contributed by atoms with E-state index in [1.54, 1.807) is 0 Å². The molecule has 21 aromatic carbocycles. The van der Waals surface area contributed by atoms with Crippen molar-refractivity contribution in [3.63, 3.8) is 0 Å². The summed E-state index contributed by atoms with van der Waals surface area (Å²) >= 11 is 5.57. The second kappa shape index (κ2) is 33.7. The summed E-state index contributed by atoms with van der Waals surface area (Å²) in [6.45, 7) is 0. The zero-order valence-electron chi connectivity index (χ0n) is 77.8. The Morgan fingerprint density at radius 2 is 0.528 bits per heavy atom. The van der Waals surface area contributed by atoms with E-state index in [2.05, 4.69) is 467 Å². The van der Waals surface area contributed by atoms with Crippen molar-refractivity contribution < 1.29 is 0 Å². The van der Waals surface area contributed by atoms with Gasteiger partial charge in [-0.15, -0.1) is 11.3 Å². The first-order valence-electron chi connectivity index (χ1n) is 49.1. The van der Waals surface area contributed by atoms with Gasteiger partial charge in [-0.05, 0) is 257 Å². The fourth-order valence-corrected chi connectivity index (χ4v) is 27.3. The Balaban J connectivity index is 0.503. The standard InChI is InChI=1S/C135H82N6S3/c1-4-29-82(30-5-1)95-75-96(83-31-6-2-7-32-83)77-97(76-95)101-42-27-51-117-126(101)109-73-70-92(81-119(109)135(117)115-49-20-24-54-123(115)144-124-55-25-21-50-116(124)135)85-59-65-89(66-60-85)130-137-131(141-133(140-130)108-45-26-43-103-99-37-11-10-35-93(99)78-110(103)108)90-67-61-86(62-68-90)98-36-12-14-39-102(98)106-44-28-56-125-127(106)111-79-94(71-74-120(111)142-125)100-38-13-15-41-107(100)132-138-128(87-33-8-3-9-34-87)136-129(139-132)88-63-57-84(58-64-88)91-69-72-105-104-40-16-17-46-112(104)134(118(105)80-91)113-47-18-22-52-121(113)143-122-53-23-19-48-114(122)134/h1-77,79-81H,78H2. The number of nitrogens with zero attached hydrogens (tertiary/aromatic N) is 6.